The van der Waals surface area contributed by atoms with E-state index in [1.54, 1.807) is 48.1 Å². The molecule has 0 aliphatic carbocycles. The Balaban J connectivity index is 1.23. The molecular weight excluding hydrogens is 689 g/mol. The fraction of sp³-hybridized carbons (Fsp3) is 0.378. The maximum absolute atomic E-state index is 14.1. The number of nitrogens with zero attached hydrogens (tertiary/aromatic N) is 2. The molecule has 4 aromatic rings. The number of nitrogens with one attached hydrogen (secondary N) is 2. The van der Waals surface area contributed by atoms with E-state index >= 15 is 0 Å². The number of hydrogen-bond acceptors (Lipinski definition) is 11. The number of para-hydroxylation sites is 1. The highest BCUT2D eigenvalue weighted by atomic mass is 32.2. The number of pyridine rings is 2. The molecule has 6 rings (SSSR count). The van der Waals surface area contributed by atoms with Crippen LogP contribution >= 0.6 is 0 Å². The molecular formula is C37H42N6O8S. The largest absolute Gasteiger partial charge is 0.510 e. The molecule has 3 atom stereocenters. The first-order valence-corrected chi connectivity index (χ1v) is 18.8. The van der Waals surface area contributed by atoms with Crippen LogP contribution in [0.25, 0.3) is 22.3 Å². The van der Waals surface area contributed by atoms with Gasteiger partial charge in [-0.15, -0.1) is 0 Å². The highest BCUT2D eigenvalue weighted by Gasteiger charge is 2.51. The number of amides is 1. The Labute approximate surface area is 302 Å². The number of ether oxygens (including phenoxy) is 3. The van der Waals surface area contributed by atoms with Crippen molar-refractivity contribution in [3.63, 3.8) is 0 Å². The zero-order chi connectivity index (χ0) is 37.0. The number of anilines is 1. The van der Waals surface area contributed by atoms with E-state index in [0.29, 0.717) is 48.6 Å². The fourth-order valence-corrected chi connectivity index (χ4v) is 7.14. The molecule has 2 aliphatic rings. The number of carbonyl (C=O) groups excluding carboxylic acids is 3. The van der Waals surface area contributed by atoms with Crippen molar-refractivity contribution < 1.29 is 32.8 Å². The Morgan fingerprint density at radius 3 is 2.62 bits per heavy atom. The first-order valence-electron chi connectivity index (χ1n) is 17.2. The van der Waals surface area contributed by atoms with Crippen molar-refractivity contribution in [3.8, 4) is 11.4 Å². The van der Waals surface area contributed by atoms with E-state index in [1.807, 2.05) is 24.3 Å². The minimum atomic E-state index is -1.94. The molecule has 4 heterocycles. The van der Waals surface area contributed by atoms with Crippen molar-refractivity contribution in [1.82, 2.24) is 14.3 Å². The summed E-state index contributed by atoms with van der Waals surface area (Å²) in [5.74, 6) is -1.12. The third-order valence-electron chi connectivity index (χ3n) is 9.50. The number of nitrogens with two attached hydrogens (primary N) is 2. The van der Waals surface area contributed by atoms with Gasteiger partial charge in [0.25, 0.3) is 5.56 Å². The first-order chi connectivity index (χ1) is 25.1. The molecule has 1 unspecified atom stereocenters. The Bertz CT molecular complexity index is 2100. The molecule has 2 aromatic carbocycles. The van der Waals surface area contributed by atoms with Crippen LogP contribution < -0.4 is 27.1 Å². The Morgan fingerprint density at radius 1 is 1.12 bits per heavy atom. The normalized spacial score (nSPS) is 17.0. The van der Waals surface area contributed by atoms with Crippen LogP contribution in [0.15, 0.2) is 59.4 Å². The average molecular weight is 731 g/mol. The molecule has 14 nitrogen and oxygen atoms in total. The summed E-state index contributed by atoms with van der Waals surface area (Å²) in [6.07, 6.45) is 3.04. The van der Waals surface area contributed by atoms with Crippen LogP contribution in [0.5, 0.6) is 0 Å². The molecule has 0 radical (unpaired) electrons. The van der Waals surface area contributed by atoms with Gasteiger partial charge in [-0.3, -0.25) is 9.59 Å². The average Bonchev–Trinajstić information content (AvgIpc) is 3.50. The first kappa shape index (κ1) is 36.8. The SMILES string of the molecule is CC[C@@]1(OC(=O)OCc2ccc(NC(=O)[C@@H](N)CCCCN)cc2)C(=O)OCc2c1cc1n(c2=O)Cc2c-1nc1ccccc1c2CCNS(C)=O. The van der Waals surface area contributed by atoms with Crippen LogP contribution in [0.1, 0.15) is 60.4 Å². The molecule has 52 heavy (non-hydrogen) atoms. The highest BCUT2D eigenvalue weighted by molar-refractivity contribution is 7.82. The third-order valence-corrected chi connectivity index (χ3v) is 10.1. The zero-order valence-corrected chi connectivity index (χ0v) is 29.9. The number of cyclic esters (lactones) is 1. The van der Waals surface area contributed by atoms with E-state index < -0.39 is 34.8 Å². The molecule has 6 N–H and O–H groups in total. The van der Waals surface area contributed by atoms with Crippen molar-refractivity contribution in [1.29, 1.82) is 0 Å². The topological polar surface area (TPSA) is 207 Å². The lowest BCUT2D eigenvalue weighted by atomic mass is 9.85. The number of unbranched alkanes of at least 4 members (excludes halogenated alkanes) is 1. The van der Waals surface area contributed by atoms with Gasteiger partial charge in [-0.1, -0.05) is 43.7 Å². The summed E-state index contributed by atoms with van der Waals surface area (Å²) in [7, 11) is -1.19. The number of carbonyl (C=O) groups is 3. The fourth-order valence-electron chi connectivity index (χ4n) is 6.75. The lowest BCUT2D eigenvalue weighted by Gasteiger charge is -2.35. The van der Waals surface area contributed by atoms with Crippen LogP contribution in [0, 0.1) is 0 Å². The van der Waals surface area contributed by atoms with Crippen molar-refractivity contribution in [2.45, 2.75) is 70.4 Å². The second kappa shape index (κ2) is 15.7. The van der Waals surface area contributed by atoms with E-state index in [2.05, 4.69) is 10.0 Å². The van der Waals surface area contributed by atoms with E-state index in [0.717, 1.165) is 34.9 Å². The summed E-state index contributed by atoms with van der Waals surface area (Å²) < 4.78 is 33.0. The van der Waals surface area contributed by atoms with Crippen molar-refractivity contribution in [2.75, 3.05) is 24.7 Å². The quantitative estimate of drug-likeness (QED) is 0.0964. The molecule has 0 saturated heterocycles. The molecule has 2 aliphatic heterocycles. The smallest absolute Gasteiger partial charge is 0.457 e. The number of benzene rings is 2. The van der Waals surface area contributed by atoms with Gasteiger partial charge in [0.15, 0.2) is 0 Å². The number of hydrogen-bond donors (Lipinski definition) is 4. The molecule has 2 aromatic heterocycles. The van der Waals surface area contributed by atoms with Crippen LogP contribution in [-0.4, -0.2) is 57.2 Å². The molecule has 0 spiro atoms. The van der Waals surface area contributed by atoms with E-state index in [4.69, 9.17) is 30.7 Å². The van der Waals surface area contributed by atoms with E-state index in [9.17, 15) is 23.4 Å². The summed E-state index contributed by atoms with van der Waals surface area (Å²) in [6, 6.07) is 15.4. The van der Waals surface area contributed by atoms with Gasteiger partial charge in [0.05, 0.1) is 46.0 Å². The van der Waals surface area contributed by atoms with Gasteiger partial charge in [0.1, 0.15) is 13.2 Å². The van der Waals surface area contributed by atoms with Gasteiger partial charge in [-0.2, -0.15) is 0 Å². The summed E-state index contributed by atoms with van der Waals surface area (Å²) in [5, 5.41) is 3.70. The molecule has 0 bridgehead atoms. The van der Waals surface area contributed by atoms with E-state index in [1.165, 1.54) is 0 Å². The second-order valence-corrected chi connectivity index (χ2v) is 14.0. The van der Waals surface area contributed by atoms with Crippen molar-refractivity contribution in [3.05, 3.63) is 92.8 Å². The summed E-state index contributed by atoms with van der Waals surface area (Å²) >= 11 is 0. The predicted molar refractivity (Wildman–Crippen MR) is 195 cm³/mol. The van der Waals surface area contributed by atoms with Crippen LogP contribution in [0.2, 0.25) is 0 Å². The van der Waals surface area contributed by atoms with Gasteiger partial charge in [0.2, 0.25) is 11.5 Å². The lowest BCUT2D eigenvalue weighted by Crippen LogP contribution is -2.47. The monoisotopic (exact) mass is 730 g/mol. The van der Waals surface area contributed by atoms with Gasteiger partial charge in [0, 0.05) is 35.0 Å². The zero-order valence-electron chi connectivity index (χ0n) is 29.1. The summed E-state index contributed by atoms with van der Waals surface area (Å²) in [6.45, 7) is 2.44. The number of aromatic nitrogens is 2. The van der Waals surface area contributed by atoms with Crippen LogP contribution in [0.4, 0.5) is 10.5 Å². The maximum Gasteiger partial charge on any atom is 0.510 e. The molecule has 15 heteroatoms. The van der Waals surface area contributed by atoms with Gasteiger partial charge >= 0.3 is 12.1 Å². The predicted octanol–water partition coefficient (Wildman–Crippen LogP) is 3.26. The van der Waals surface area contributed by atoms with Gasteiger partial charge in [-0.05, 0) is 67.6 Å². The van der Waals surface area contributed by atoms with Crippen LogP contribution in [0.3, 0.4) is 0 Å². The highest BCUT2D eigenvalue weighted by Crippen LogP contribution is 2.42. The molecule has 1 amide bonds. The number of rotatable bonds is 14. The minimum Gasteiger partial charge on any atom is -0.457 e. The Morgan fingerprint density at radius 2 is 1.88 bits per heavy atom. The van der Waals surface area contributed by atoms with Crippen molar-refractivity contribution in [2.24, 2.45) is 11.5 Å². The van der Waals surface area contributed by atoms with E-state index in [-0.39, 0.29) is 48.8 Å². The molecule has 0 saturated carbocycles. The number of fused-ring (bicyclic) bond motifs is 5. The molecule has 0 fully saturated rings. The summed E-state index contributed by atoms with van der Waals surface area (Å²) in [4.78, 5) is 58.1. The number of esters is 1. The third kappa shape index (κ3) is 7.35. The van der Waals surface area contributed by atoms with Gasteiger partial charge in [-0.25, -0.2) is 23.5 Å². The maximum atomic E-state index is 14.1. The standard InChI is InChI=1S/C37H42N6O8S/c1-3-37(51-36(47)50-20-22-11-13-23(14-12-22)41-33(44)29(39)9-6-7-16-38)28-18-31-32-26(19-43(31)34(45)27(28)21-49-35(37)46)24(15-17-40-52(2)48)25-8-4-5-10-30(25)42-32/h4-5,8,10-14,18,29,40H,3,6-7,9,15-17,19-21,38-39H2,1-2H3,(H,41,44)/t29-,37-,52?/m0/s1. The van der Waals surface area contributed by atoms with Crippen molar-refractivity contribution >= 4 is 45.6 Å². The Kier molecular flexibility index (Phi) is 11.1. The van der Waals surface area contributed by atoms with Gasteiger partial charge < -0.3 is 35.6 Å². The second-order valence-electron chi connectivity index (χ2n) is 12.8. The van der Waals surface area contributed by atoms with Crippen LogP contribution in [-0.2, 0) is 66.6 Å². The molecule has 274 valence electrons. The Hall–Kier alpha value is -4.96. The lowest BCUT2D eigenvalue weighted by molar-refractivity contribution is -0.175. The summed E-state index contributed by atoms with van der Waals surface area (Å²) in [5.41, 5.74) is 14.4. The minimum absolute atomic E-state index is 0.0251.